The van der Waals surface area contributed by atoms with Gasteiger partial charge >= 0.3 is 0 Å². The van der Waals surface area contributed by atoms with Crippen LogP contribution in [0.15, 0.2) is 35.3 Å². The van der Waals surface area contributed by atoms with Crippen molar-refractivity contribution in [3.05, 3.63) is 35.9 Å². The Hall–Kier alpha value is -1.77. The molecule has 0 unspecified atom stereocenters. The van der Waals surface area contributed by atoms with Crippen LogP contribution in [0.3, 0.4) is 0 Å². The van der Waals surface area contributed by atoms with Crippen LogP contribution in [0.2, 0.25) is 0 Å². The largest absolute Gasteiger partial charge is 0.497 e. The lowest BCUT2D eigenvalue weighted by Crippen LogP contribution is -2.17. The first-order chi connectivity index (χ1) is 8.09. The van der Waals surface area contributed by atoms with Gasteiger partial charge in [-0.05, 0) is 37.6 Å². The van der Waals surface area contributed by atoms with Crippen LogP contribution in [0.25, 0.3) is 6.08 Å². The second kappa shape index (κ2) is 4.62. The van der Waals surface area contributed by atoms with Crippen LogP contribution < -0.4 is 4.74 Å². The normalized spacial score (nSPS) is 17.9. The molecule has 2 rings (SSSR count). The molecule has 0 radical (unpaired) electrons. The minimum Gasteiger partial charge on any atom is -0.497 e. The van der Waals surface area contributed by atoms with E-state index < -0.39 is 0 Å². The van der Waals surface area contributed by atoms with Crippen molar-refractivity contribution >= 4 is 12.0 Å². The highest BCUT2D eigenvalue weighted by atomic mass is 16.5. The minimum atomic E-state index is -0.0976. The standard InChI is InChI=1S/C14H17NO2/c1-14(2)10-17-13(15-14)9-6-11-4-7-12(16-3)8-5-11/h4-9H,10H2,1-3H3. The van der Waals surface area contributed by atoms with Gasteiger partial charge in [-0.25, -0.2) is 4.99 Å². The van der Waals surface area contributed by atoms with E-state index in [0.29, 0.717) is 12.5 Å². The number of aliphatic imine (C=N–C) groups is 1. The van der Waals surface area contributed by atoms with Gasteiger partial charge < -0.3 is 9.47 Å². The lowest BCUT2D eigenvalue weighted by molar-refractivity contribution is 0.280. The molecular weight excluding hydrogens is 214 g/mol. The van der Waals surface area contributed by atoms with E-state index in [-0.39, 0.29) is 5.54 Å². The van der Waals surface area contributed by atoms with Gasteiger partial charge in [0.05, 0.1) is 12.6 Å². The topological polar surface area (TPSA) is 30.8 Å². The summed E-state index contributed by atoms with van der Waals surface area (Å²) in [5, 5.41) is 0. The molecule has 1 heterocycles. The number of benzene rings is 1. The summed E-state index contributed by atoms with van der Waals surface area (Å²) >= 11 is 0. The first-order valence-corrected chi connectivity index (χ1v) is 5.64. The monoisotopic (exact) mass is 231 g/mol. The lowest BCUT2D eigenvalue weighted by Gasteiger charge is -2.07. The first-order valence-electron chi connectivity index (χ1n) is 5.64. The maximum Gasteiger partial charge on any atom is 0.209 e. The summed E-state index contributed by atoms with van der Waals surface area (Å²) in [6.07, 6.45) is 3.89. The highest BCUT2D eigenvalue weighted by molar-refractivity contribution is 5.93. The third-order valence-electron chi connectivity index (χ3n) is 2.52. The fraction of sp³-hybridized carbons (Fsp3) is 0.357. The molecule has 0 aliphatic carbocycles. The van der Waals surface area contributed by atoms with Crippen LogP contribution in [0.1, 0.15) is 19.4 Å². The van der Waals surface area contributed by atoms with Gasteiger partial charge in [0, 0.05) is 6.08 Å². The number of nitrogens with zero attached hydrogens (tertiary/aromatic N) is 1. The summed E-state index contributed by atoms with van der Waals surface area (Å²) < 4.78 is 10.6. The van der Waals surface area contributed by atoms with E-state index in [1.807, 2.05) is 36.4 Å². The molecule has 0 saturated heterocycles. The molecule has 0 amide bonds. The molecule has 3 heteroatoms. The third kappa shape index (κ3) is 3.09. The molecule has 0 saturated carbocycles. The predicted molar refractivity (Wildman–Crippen MR) is 69.5 cm³/mol. The van der Waals surface area contributed by atoms with Gasteiger partial charge in [-0.2, -0.15) is 0 Å². The quantitative estimate of drug-likeness (QED) is 0.800. The Bertz CT molecular complexity index is 444. The van der Waals surface area contributed by atoms with Crippen LogP contribution in [0.4, 0.5) is 0 Å². The summed E-state index contributed by atoms with van der Waals surface area (Å²) in [7, 11) is 1.66. The fourth-order valence-corrected chi connectivity index (χ4v) is 1.58. The third-order valence-corrected chi connectivity index (χ3v) is 2.52. The van der Waals surface area contributed by atoms with Gasteiger partial charge in [-0.15, -0.1) is 0 Å². The van der Waals surface area contributed by atoms with Crippen LogP contribution >= 0.6 is 0 Å². The average Bonchev–Trinajstić information content (AvgIpc) is 2.67. The molecule has 0 spiro atoms. The number of rotatable bonds is 3. The van der Waals surface area contributed by atoms with E-state index in [2.05, 4.69) is 18.8 Å². The maximum atomic E-state index is 5.47. The van der Waals surface area contributed by atoms with Crippen molar-refractivity contribution < 1.29 is 9.47 Å². The Labute approximate surface area is 102 Å². The molecule has 3 nitrogen and oxygen atoms in total. The summed E-state index contributed by atoms with van der Waals surface area (Å²) in [4.78, 5) is 4.45. The van der Waals surface area contributed by atoms with Crippen molar-refractivity contribution in [2.24, 2.45) is 4.99 Å². The molecule has 0 fully saturated rings. The van der Waals surface area contributed by atoms with Crippen LogP contribution in [-0.4, -0.2) is 25.2 Å². The Morgan fingerprint density at radius 1 is 1.24 bits per heavy atom. The zero-order chi connectivity index (χ0) is 12.3. The summed E-state index contributed by atoms with van der Waals surface area (Å²) in [6, 6.07) is 7.85. The second-order valence-electron chi connectivity index (χ2n) is 4.66. The van der Waals surface area contributed by atoms with E-state index in [4.69, 9.17) is 9.47 Å². The van der Waals surface area contributed by atoms with Crippen molar-refractivity contribution in [1.29, 1.82) is 0 Å². The van der Waals surface area contributed by atoms with E-state index in [0.717, 1.165) is 11.3 Å². The molecule has 0 aromatic heterocycles. The smallest absolute Gasteiger partial charge is 0.209 e. The van der Waals surface area contributed by atoms with Crippen molar-refractivity contribution in [3.8, 4) is 5.75 Å². The number of hydrogen-bond acceptors (Lipinski definition) is 3. The zero-order valence-corrected chi connectivity index (χ0v) is 10.4. The molecule has 0 N–H and O–H groups in total. The van der Waals surface area contributed by atoms with Crippen molar-refractivity contribution in [2.45, 2.75) is 19.4 Å². The van der Waals surface area contributed by atoms with Gasteiger partial charge in [-0.3, -0.25) is 0 Å². The zero-order valence-electron chi connectivity index (χ0n) is 10.4. The molecule has 17 heavy (non-hydrogen) atoms. The number of ether oxygens (including phenoxy) is 2. The van der Waals surface area contributed by atoms with Crippen molar-refractivity contribution in [2.75, 3.05) is 13.7 Å². The summed E-state index contributed by atoms with van der Waals surface area (Å²) in [6.45, 7) is 4.76. The van der Waals surface area contributed by atoms with Crippen molar-refractivity contribution in [3.63, 3.8) is 0 Å². The van der Waals surface area contributed by atoms with Gasteiger partial charge in [0.2, 0.25) is 5.90 Å². The van der Waals surface area contributed by atoms with Crippen molar-refractivity contribution in [1.82, 2.24) is 0 Å². The molecule has 1 aliphatic rings. The number of methoxy groups -OCH3 is 1. The SMILES string of the molecule is COc1ccc(C=CC2=NC(C)(C)CO2)cc1. The van der Waals surface area contributed by atoms with E-state index in [1.165, 1.54) is 0 Å². The Morgan fingerprint density at radius 3 is 2.47 bits per heavy atom. The molecule has 0 atom stereocenters. The number of hydrogen-bond donors (Lipinski definition) is 0. The highest BCUT2D eigenvalue weighted by Gasteiger charge is 2.24. The summed E-state index contributed by atoms with van der Waals surface area (Å²) in [5.74, 6) is 1.56. The van der Waals surface area contributed by atoms with Crippen LogP contribution in [0, 0.1) is 0 Å². The maximum absolute atomic E-state index is 5.47. The Morgan fingerprint density at radius 2 is 1.94 bits per heavy atom. The van der Waals surface area contributed by atoms with Gasteiger partial charge in [0.25, 0.3) is 0 Å². The Kier molecular flexibility index (Phi) is 3.18. The molecule has 1 aromatic rings. The van der Waals surface area contributed by atoms with Gasteiger partial charge in [0.1, 0.15) is 12.4 Å². The van der Waals surface area contributed by atoms with Gasteiger partial charge in [0.15, 0.2) is 0 Å². The predicted octanol–water partition coefficient (Wildman–Crippen LogP) is 2.92. The van der Waals surface area contributed by atoms with Crippen LogP contribution in [0.5, 0.6) is 5.75 Å². The first kappa shape index (κ1) is 11.7. The Balaban J connectivity index is 2.05. The molecule has 1 aliphatic heterocycles. The lowest BCUT2D eigenvalue weighted by atomic mass is 10.1. The minimum absolute atomic E-state index is 0.0976. The second-order valence-corrected chi connectivity index (χ2v) is 4.66. The molecule has 0 bridgehead atoms. The molecular formula is C14H17NO2. The van der Waals surface area contributed by atoms with E-state index in [9.17, 15) is 0 Å². The fourth-order valence-electron chi connectivity index (χ4n) is 1.58. The van der Waals surface area contributed by atoms with Crippen LogP contribution in [-0.2, 0) is 4.74 Å². The van der Waals surface area contributed by atoms with E-state index >= 15 is 0 Å². The highest BCUT2D eigenvalue weighted by Crippen LogP contribution is 2.18. The molecule has 1 aromatic carbocycles. The van der Waals surface area contributed by atoms with Gasteiger partial charge in [-0.1, -0.05) is 12.1 Å². The average molecular weight is 231 g/mol. The summed E-state index contributed by atoms with van der Waals surface area (Å²) in [5.41, 5.74) is 1.00. The molecule has 90 valence electrons. The van der Waals surface area contributed by atoms with E-state index in [1.54, 1.807) is 7.11 Å².